The molecule has 22 heavy (non-hydrogen) atoms. The largest absolute Gasteiger partial charge is 0.344 e. The average Bonchev–Trinajstić information content (AvgIpc) is 3.07. The number of hydrogen-bond acceptors (Lipinski definition) is 5. The smallest absolute Gasteiger partial charge is 0.241 e. The quantitative estimate of drug-likeness (QED) is 0.863. The maximum Gasteiger partial charge on any atom is 0.241 e. The molecule has 6 nitrogen and oxygen atoms in total. The maximum atomic E-state index is 12.0. The van der Waals surface area contributed by atoms with Crippen LogP contribution < -0.4 is 0 Å². The Kier molecular flexibility index (Phi) is 4.13. The molecule has 1 fully saturated rings. The van der Waals surface area contributed by atoms with Gasteiger partial charge in [-0.1, -0.05) is 28.9 Å². The van der Waals surface area contributed by atoms with Crippen molar-refractivity contribution in [3.8, 4) is 11.4 Å². The minimum Gasteiger partial charge on any atom is -0.344 e. The number of rotatable bonds is 4. The van der Waals surface area contributed by atoms with Gasteiger partial charge in [0, 0.05) is 24.2 Å². The summed E-state index contributed by atoms with van der Waals surface area (Å²) in [5, 5.41) is 4.60. The number of likely N-dealkylation sites (N-methyl/N-ethyl adjacent to an activating group) is 2. The Morgan fingerprint density at radius 3 is 3.00 bits per heavy atom. The number of halogens is 1. The van der Waals surface area contributed by atoms with Crippen LogP contribution in [0.15, 0.2) is 28.8 Å². The second kappa shape index (κ2) is 6.06. The van der Waals surface area contributed by atoms with Crippen molar-refractivity contribution in [2.75, 3.05) is 20.6 Å². The molecule has 1 saturated heterocycles. The highest BCUT2D eigenvalue weighted by Gasteiger charge is 2.32. The summed E-state index contributed by atoms with van der Waals surface area (Å²) in [6.45, 7) is 1.23. The Labute approximate surface area is 133 Å². The number of hydrogen-bond donors (Lipinski definition) is 0. The van der Waals surface area contributed by atoms with Crippen molar-refractivity contribution in [1.29, 1.82) is 0 Å². The topological polar surface area (TPSA) is 62.5 Å². The molecule has 7 heteroatoms. The van der Waals surface area contributed by atoms with Gasteiger partial charge in [0.25, 0.3) is 0 Å². The Morgan fingerprint density at radius 2 is 2.32 bits per heavy atom. The Balaban J connectivity index is 1.71. The van der Waals surface area contributed by atoms with E-state index in [0.29, 0.717) is 23.3 Å². The van der Waals surface area contributed by atoms with E-state index in [1.54, 1.807) is 17.0 Å². The Hall–Kier alpha value is -1.92. The summed E-state index contributed by atoms with van der Waals surface area (Å²) >= 11 is 5.97. The average molecular weight is 321 g/mol. The van der Waals surface area contributed by atoms with Gasteiger partial charge in [-0.15, -0.1) is 0 Å². The van der Waals surface area contributed by atoms with Crippen molar-refractivity contribution in [3.05, 3.63) is 35.2 Å². The molecule has 0 aliphatic carbocycles. The number of likely N-dealkylation sites (tertiary alicyclic amines) is 1. The first-order valence-corrected chi connectivity index (χ1v) is 7.46. The molecule has 1 aliphatic rings. The van der Waals surface area contributed by atoms with Gasteiger partial charge in [-0.05, 0) is 25.6 Å². The van der Waals surface area contributed by atoms with Gasteiger partial charge < -0.3 is 9.42 Å². The summed E-state index contributed by atoms with van der Waals surface area (Å²) in [4.78, 5) is 20.1. The number of amides is 1. The van der Waals surface area contributed by atoms with Crippen molar-refractivity contribution in [1.82, 2.24) is 19.9 Å². The molecule has 1 aromatic heterocycles. The predicted octanol–water partition coefficient (Wildman–Crippen LogP) is 2.05. The molecular weight excluding hydrogens is 304 g/mol. The van der Waals surface area contributed by atoms with Crippen LogP contribution in [0.5, 0.6) is 0 Å². The lowest BCUT2D eigenvalue weighted by Crippen LogP contribution is -2.38. The highest BCUT2D eigenvalue weighted by Crippen LogP contribution is 2.21. The summed E-state index contributed by atoms with van der Waals surface area (Å²) in [7, 11) is 3.71. The van der Waals surface area contributed by atoms with E-state index >= 15 is 0 Å². The summed E-state index contributed by atoms with van der Waals surface area (Å²) in [6.07, 6.45) is 0.821. The first-order chi connectivity index (χ1) is 10.5. The zero-order valence-electron chi connectivity index (χ0n) is 12.5. The number of benzene rings is 1. The number of aromatic nitrogens is 2. The SMILES string of the molecule is CN1CCC(N(C)Cc2nc(-c3cccc(Cl)c3)no2)C1=O. The molecule has 2 heterocycles. The lowest BCUT2D eigenvalue weighted by Gasteiger charge is -2.20. The van der Waals surface area contributed by atoms with Gasteiger partial charge in [0.05, 0.1) is 12.6 Å². The van der Waals surface area contributed by atoms with Gasteiger partial charge in [-0.25, -0.2) is 0 Å². The van der Waals surface area contributed by atoms with Gasteiger partial charge in [0.1, 0.15) is 0 Å². The van der Waals surface area contributed by atoms with E-state index in [0.717, 1.165) is 18.5 Å². The predicted molar refractivity (Wildman–Crippen MR) is 82.3 cm³/mol. The van der Waals surface area contributed by atoms with E-state index < -0.39 is 0 Å². The third-order valence-corrected chi connectivity index (χ3v) is 4.10. The summed E-state index contributed by atoms with van der Waals surface area (Å²) in [5.41, 5.74) is 0.807. The van der Waals surface area contributed by atoms with Gasteiger partial charge in [-0.3, -0.25) is 9.69 Å². The fourth-order valence-corrected chi connectivity index (χ4v) is 2.79. The third-order valence-electron chi connectivity index (χ3n) is 3.87. The van der Waals surface area contributed by atoms with Gasteiger partial charge in [0.2, 0.25) is 17.6 Å². The van der Waals surface area contributed by atoms with E-state index in [9.17, 15) is 4.79 Å². The van der Waals surface area contributed by atoms with Crippen LogP contribution in [0.2, 0.25) is 5.02 Å². The number of nitrogens with zero attached hydrogens (tertiary/aromatic N) is 4. The van der Waals surface area contributed by atoms with Gasteiger partial charge in [-0.2, -0.15) is 4.98 Å². The molecule has 1 aromatic carbocycles. The van der Waals surface area contributed by atoms with E-state index in [2.05, 4.69) is 10.1 Å². The minimum absolute atomic E-state index is 0.119. The van der Waals surface area contributed by atoms with Crippen LogP contribution in [0.4, 0.5) is 0 Å². The summed E-state index contributed by atoms with van der Waals surface area (Å²) < 4.78 is 5.28. The van der Waals surface area contributed by atoms with Crippen LogP contribution in [0.3, 0.4) is 0 Å². The second-order valence-corrected chi connectivity index (χ2v) is 5.94. The number of carbonyl (C=O) groups excluding carboxylic acids is 1. The molecule has 3 rings (SSSR count). The lowest BCUT2D eigenvalue weighted by molar-refractivity contribution is -0.130. The Bertz CT molecular complexity index is 688. The molecular formula is C15H17ClN4O2. The lowest BCUT2D eigenvalue weighted by atomic mass is 10.2. The van der Waals surface area contributed by atoms with Crippen LogP contribution in [-0.4, -0.2) is 52.5 Å². The molecule has 0 radical (unpaired) electrons. The molecule has 0 N–H and O–H groups in total. The zero-order chi connectivity index (χ0) is 15.7. The van der Waals surface area contributed by atoms with Crippen LogP contribution >= 0.6 is 11.6 Å². The van der Waals surface area contributed by atoms with Crippen LogP contribution in [0.25, 0.3) is 11.4 Å². The van der Waals surface area contributed by atoms with E-state index in [1.807, 2.05) is 31.1 Å². The standard InChI is InChI=1S/C15H17ClN4O2/c1-19-7-6-12(15(19)21)20(2)9-13-17-14(18-22-13)10-4-3-5-11(16)8-10/h3-5,8,12H,6-7,9H2,1-2H3. The van der Waals surface area contributed by atoms with Crippen LogP contribution in [0, 0.1) is 0 Å². The van der Waals surface area contributed by atoms with E-state index in [1.165, 1.54) is 0 Å². The summed E-state index contributed by atoms with van der Waals surface area (Å²) in [5.74, 6) is 1.12. The molecule has 1 atom stereocenters. The van der Waals surface area contributed by atoms with Crippen molar-refractivity contribution < 1.29 is 9.32 Å². The zero-order valence-corrected chi connectivity index (χ0v) is 13.2. The first kappa shape index (κ1) is 15.0. The van der Waals surface area contributed by atoms with Gasteiger partial charge >= 0.3 is 0 Å². The maximum absolute atomic E-state index is 12.0. The molecule has 1 aliphatic heterocycles. The van der Waals surface area contributed by atoms with Crippen molar-refractivity contribution in [2.45, 2.75) is 19.0 Å². The molecule has 1 amide bonds. The molecule has 2 aromatic rings. The number of carbonyl (C=O) groups is 1. The molecule has 116 valence electrons. The highest BCUT2D eigenvalue weighted by atomic mass is 35.5. The van der Waals surface area contributed by atoms with Gasteiger partial charge in [0.15, 0.2) is 0 Å². The fourth-order valence-electron chi connectivity index (χ4n) is 2.60. The van der Waals surface area contributed by atoms with Crippen molar-refractivity contribution >= 4 is 17.5 Å². The highest BCUT2D eigenvalue weighted by molar-refractivity contribution is 6.30. The Morgan fingerprint density at radius 1 is 1.50 bits per heavy atom. The minimum atomic E-state index is -0.119. The third kappa shape index (κ3) is 2.98. The monoisotopic (exact) mass is 320 g/mol. The molecule has 1 unspecified atom stereocenters. The fraction of sp³-hybridized carbons (Fsp3) is 0.400. The first-order valence-electron chi connectivity index (χ1n) is 7.08. The van der Waals surface area contributed by atoms with Crippen molar-refractivity contribution in [3.63, 3.8) is 0 Å². The van der Waals surface area contributed by atoms with Crippen molar-refractivity contribution in [2.24, 2.45) is 0 Å². The second-order valence-electron chi connectivity index (χ2n) is 5.50. The normalized spacial score (nSPS) is 18.5. The molecule has 0 saturated carbocycles. The van der Waals surface area contributed by atoms with E-state index in [4.69, 9.17) is 16.1 Å². The summed E-state index contributed by atoms with van der Waals surface area (Å²) in [6, 6.07) is 7.18. The molecule has 0 spiro atoms. The van der Waals surface area contributed by atoms with E-state index in [-0.39, 0.29) is 11.9 Å². The van der Waals surface area contributed by atoms with Crippen LogP contribution in [0.1, 0.15) is 12.3 Å². The van der Waals surface area contributed by atoms with Crippen LogP contribution in [-0.2, 0) is 11.3 Å². The molecule has 0 bridgehead atoms.